The number of thiazole rings is 1. The second-order valence-corrected chi connectivity index (χ2v) is 15.3. The van der Waals surface area contributed by atoms with Crippen LogP contribution in [-0.2, 0) is 12.0 Å². The van der Waals surface area contributed by atoms with Gasteiger partial charge in [0, 0.05) is 11.6 Å². The zero-order valence-electron chi connectivity index (χ0n) is 30.0. The van der Waals surface area contributed by atoms with E-state index in [1.54, 1.807) is 18.4 Å². The van der Waals surface area contributed by atoms with Crippen LogP contribution in [0.3, 0.4) is 0 Å². The van der Waals surface area contributed by atoms with Crippen LogP contribution >= 0.6 is 11.3 Å². The summed E-state index contributed by atoms with van der Waals surface area (Å²) in [5.41, 5.74) is 18.2. The molecular formula is C50H35N2OS+. The fourth-order valence-corrected chi connectivity index (χ4v) is 10.3. The lowest BCUT2D eigenvalue weighted by Gasteiger charge is -2.31. The molecule has 1 spiro atoms. The van der Waals surface area contributed by atoms with Gasteiger partial charge in [-0.1, -0.05) is 109 Å². The molecule has 0 saturated carbocycles. The van der Waals surface area contributed by atoms with Crippen molar-refractivity contribution in [3.05, 3.63) is 186 Å². The van der Waals surface area contributed by atoms with Crippen LogP contribution in [0.5, 0.6) is 5.75 Å². The molecule has 4 heteroatoms. The highest BCUT2D eigenvalue weighted by molar-refractivity contribution is 7.21. The minimum Gasteiger partial charge on any atom is -0.490 e. The summed E-state index contributed by atoms with van der Waals surface area (Å²) in [4.78, 5) is 4.92. The van der Waals surface area contributed by atoms with E-state index in [4.69, 9.17) is 9.72 Å². The standard InChI is InChI=1S/C50H35N2OS/c1-3-52-28-10-13-40-35(26-27-46(53-2)48(40)52)34-23-25-39-37-12-5-7-15-42(37)50(44(39)30-34)41-14-6-4-11-36(41)38-24-22-33(29-43(38)50)31-18-20-32(21-19-31)49-51-45-16-8-9-17-47(45)54-49/h4-30H,3H2,1-2H3/q+1. The number of hydrogen-bond acceptors (Lipinski definition) is 3. The summed E-state index contributed by atoms with van der Waals surface area (Å²) in [7, 11) is 1.76. The van der Waals surface area contributed by atoms with Crippen molar-refractivity contribution in [1.82, 2.24) is 4.98 Å². The van der Waals surface area contributed by atoms with Gasteiger partial charge in [-0.3, -0.25) is 0 Å². The van der Waals surface area contributed by atoms with Gasteiger partial charge < -0.3 is 4.74 Å². The average Bonchev–Trinajstić information content (AvgIpc) is 3.90. The summed E-state index contributed by atoms with van der Waals surface area (Å²) in [6.45, 7) is 3.04. The Hall–Kier alpha value is -6.36. The van der Waals surface area contributed by atoms with Crippen molar-refractivity contribution >= 4 is 32.5 Å². The summed E-state index contributed by atoms with van der Waals surface area (Å²) < 4.78 is 9.39. The number of pyridine rings is 1. The van der Waals surface area contributed by atoms with Crippen molar-refractivity contribution < 1.29 is 9.30 Å². The molecule has 0 radical (unpaired) electrons. The Labute approximate surface area is 318 Å². The number of nitrogens with zero attached hydrogens (tertiary/aromatic N) is 2. The summed E-state index contributed by atoms with van der Waals surface area (Å²) in [5.74, 6) is 0.889. The minimum atomic E-state index is -0.462. The summed E-state index contributed by atoms with van der Waals surface area (Å²) in [6.07, 6.45) is 2.14. The maximum absolute atomic E-state index is 5.90. The zero-order chi connectivity index (χ0) is 36.0. The molecule has 2 heterocycles. The van der Waals surface area contributed by atoms with Crippen LogP contribution in [-0.4, -0.2) is 12.1 Å². The van der Waals surface area contributed by atoms with Crippen LogP contribution in [0.2, 0.25) is 0 Å². The number of aryl methyl sites for hydroxylation is 1. The van der Waals surface area contributed by atoms with Crippen LogP contribution in [0.15, 0.2) is 164 Å². The Morgan fingerprint density at radius 3 is 1.85 bits per heavy atom. The van der Waals surface area contributed by atoms with E-state index in [-0.39, 0.29) is 0 Å². The fraction of sp³-hybridized carbons (Fsp3) is 0.0800. The van der Waals surface area contributed by atoms with Gasteiger partial charge in [0.05, 0.1) is 28.1 Å². The predicted octanol–water partition coefficient (Wildman–Crippen LogP) is 12.1. The van der Waals surface area contributed by atoms with E-state index in [9.17, 15) is 0 Å². The first kappa shape index (κ1) is 31.2. The number of para-hydroxylation sites is 1. The van der Waals surface area contributed by atoms with Crippen molar-refractivity contribution in [2.75, 3.05) is 7.11 Å². The summed E-state index contributed by atoms with van der Waals surface area (Å²) in [5, 5.41) is 2.24. The van der Waals surface area contributed by atoms with E-state index < -0.39 is 5.41 Å². The molecular weight excluding hydrogens is 677 g/mol. The molecule has 0 N–H and O–H groups in total. The van der Waals surface area contributed by atoms with Gasteiger partial charge in [-0.15, -0.1) is 11.3 Å². The SMILES string of the molecule is CC[n+]1cccc2c(-c3ccc4c(c3)C3(c5ccccc5-c5ccc(-c6ccc(-c7nc8ccccc8s7)cc6)cc53)c3ccccc3-4)ccc(OC)c21. The van der Waals surface area contributed by atoms with Crippen LogP contribution in [0, 0.1) is 0 Å². The van der Waals surface area contributed by atoms with E-state index in [0.29, 0.717) is 0 Å². The predicted molar refractivity (Wildman–Crippen MR) is 222 cm³/mol. The molecule has 0 amide bonds. The number of fused-ring (bicyclic) bond motifs is 12. The fourth-order valence-electron chi connectivity index (χ4n) is 9.34. The number of rotatable bonds is 5. The summed E-state index contributed by atoms with van der Waals surface area (Å²) in [6, 6.07) is 58.4. The van der Waals surface area contributed by atoms with Gasteiger partial charge in [-0.2, -0.15) is 4.57 Å². The lowest BCUT2D eigenvalue weighted by atomic mass is 9.70. The number of benzene rings is 7. The third-order valence-electron chi connectivity index (χ3n) is 11.7. The third-order valence-corrected chi connectivity index (χ3v) is 12.8. The Morgan fingerprint density at radius 1 is 0.556 bits per heavy atom. The number of ether oxygens (including phenoxy) is 1. The van der Waals surface area contributed by atoms with E-state index >= 15 is 0 Å². The molecule has 0 fully saturated rings. The second kappa shape index (κ2) is 11.8. The molecule has 7 aromatic carbocycles. The monoisotopic (exact) mass is 711 g/mol. The highest BCUT2D eigenvalue weighted by Crippen LogP contribution is 2.63. The van der Waals surface area contributed by atoms with Crippen molar-refractivity contribution in [3.63, 3.8) is 0 Å². The molecule has 3 nitrogen and oxygen atoms in total. The Morgan fingerprint density at radius 2 is 1.15 bits per heavy atom. The normalized spacial score (nSPS) is 15.0. The molecule has 54 heavy (non-hydrogen) atoms. The molecule has 1 atom stereocenters. The smallest absolute Gasteiger partial charge is 0.255 e. The Balaban J connectivity index is 1.12. The van der Waals surface area contributed by atoms with Gasteiger partial charge in [0.1, 0.15) is 11.6 Å². The quantitative estimate of drug-likeness (QED) is 0.166. The number of aromatic nitrogens is 2. The molecule has 1 unspecified atom stereocenters. The molecule has 11 rings (SSSR count). The van der Waals surface area contributed by atoms with E-state index in [1.165, 1.54) is 76.8 Å². The van der Waals surface area contributed by atoms with Crippen molar-refractivity contribution in [1.29, 1.82) is 0 Å². The molecule has 9 aromatic rings. The van der Waals surface area contributed by atoms with Crippen LogP contribution in [0.4, 0.5) is 0 Å². The van der Waals surface area contributed by atoms with Gasteiger partial charge in [-0.05, 0) is 116 Å². The Kier molecular flexibility index (Phi) is 6.83. The van der Waals surface area contributed by atoms with Gasteiger partial charge in [0.25, 0.3) is 5.52 Å². The number of methoxy groups -OCH3 is 1. The zero-order valence-corrected chi connectivity index (χ0v) is 30.8. The topological polar surface area (TPSA) is 26.0 Å². The number of hydrogen-bond donors (Lipinski definition) is 0. The first-order chi connectivity index (χ1) is 26.7. The molecule has 0 aliphatic heterocycles. The van der Waals surface area contributed by atoms with Crippen molar-refractivity contribution in [2.24, 2.45) is 0 Å². The maximum Gasteiger partial charge on any atom is 0.255 e. The Bertz CT molecular complexity index is 2920. The molecule has 0 saturated heterocycles. The van der Waals surface area contributed by atoms with Crippen molar-refractivity contribution in [3.8, 4) is 60.8 Å². The molecule has 256 valence electrons. The van der Waals surface area contributed by atoms with Gasteiger partial charge in [-0.25, -0.2) is 4.98 Å². The minimum absolute atomic E-state index is 0.462. The first-order valence-corrected chi connectivity index (χ1v) is 19.4. The largest absolute Gasteiger partial charge is 0.490 e. The molecule has 2 aliphatic rings. The molecule has 2 aliphatic carbocycles. The van der Waals surface area contributed by atoms with Crippen LogP contribution in [0.25, 0.3) is 76.2 Å². The maximum atomic E-state index is 5.90. The van der Waals surface area contributed by atoms with Gasteiger partial charge >= 0.3 is 0 Å². The van der Waals surface area contributed by atoms with E-state index in [2.05, 4.69) is 175 Å². The highest BCUT2D eigenvalue weighted by atomic mass is 32.1. The average molecular weight is 712 g/mol. The van der Waals surface area contributed by atoms with E-state index in [0.717, 1.165) is 33.9 Å². The molecule has 0 bridgehead atoms. The van der Waals surface area contributed by atoms with E-state index in [1.807, 2.05) is 0 Å². The molecule has 2 aromatic heterocycles. The van der Waals surface area contributed by atoms with Crippen LogP contribution in [0.1, 0.15) is 29.2 Å². The van der Waals surface area contributed by atoms with Gasteiger partial charge in [0.15, 0.2) is 11.9 Å². The van der Waals surface area contributed by atoms with Crippen molar-refractivity contribution in [2.45, 2.75) is 18.9 Å². The van der Waals surface area contributed by atoms with Crippen LogP contribution < -0.4 is 9.30 Å². The highest BCUT2D eigenvalue weighted by Gasteiger charge is 2.51. The lowest BCUT2D eigenvalue weighted by molar-refractivity contribution is -0.668. The second-order valence-electron chi connectivity index (χ2n) is 14.3. The third kappa shape index (κ3) is 4.29. The summed E-state index contributed by atoms with van der Waals surface area (Å²) >= 11 is 1.75. The first-order valence-electron chi connectivity index (χ1n) is 18.6. The van der Waals surface area contributed by atoms with Gasteiger partial charge in [0.2, 0.25) is 0 Å². The lowest BCUT2D eigenvalue weighted by Crippen LogP contribution is -2.32.